The van der Waals surface area contributed by atoms with Crippen LogP contribution in [-0.2, 0) is 14.3 Å². The van der Waals surface area contributed by atoms with E-state index < -0.39 is 30.6 Å². The zero-order valence-corrected chi connectivity index (χ0v) is 16.8. The number of carbonyl (C=O) groups excluding carboxylic acids is 1. The average Bonchev–Trinajstić information content (AvgIpc) is 3.53. The highest BCUT2D eigenvalue weighted by molar-refractivity contribution is 5.78. The van der Waals surface area contributed by atoms with Gasteiger partial charge in [-0.2, -0.15) is 0 Å². The van der Waals surface area contributed by atoms with Crippen LogP contribution in [0.3, 0.4) is 0 Å². The van der Waals surface area contributed by atoms with E-state index in [0.29, 0.717) is 23.9 Å². The molecule has 0 aromatic heterocycles. The van der Waals surface area contributed by atoms with Gasteiger partial charge < -0.3 is 36.0 Å². The van der Waals surface area contributed by atoms with Gasteiger partial charge in [0.1, 0.15) is 36.3 Å². The lowest BCUT2D eigenvalue weighted by Gasteiger charge is -2.48. The van der Waals surface area contributed by atoms with Crippen LogP contribution in [-0.4, -0.2) is 66.2 Å². The van der Waals surface area contributed by atoms with E-state index in [4.69, 9.17) is 15.0 Å². The van der Waals surface area contributed by atoms with E-state index in [2.05, 4.69) is 7.05 Å². The van der Waals surface area contributed by atoms with Crippen molar-refractivity contribution in [1.82, 2.24) is 0 Å². The van der Waals surface area contributed by atoms with Gasteiger partial charge in [-0.25, -0.2) is 0 Å². The van der Waals surface area contributed by atoms with E-state index in [1.165, 1.54) is 0 Å². The third-order valence-corrected chi connectivity index (χ3v) is 6.72. The fourth-order valence-electron chi connectivity index (χ4n) is 5.22. The summed E-state index contributed by atoms with van der Waals surface area (Å²) in [5.74, 6) is -1.74. The predicted octanol–water partition coefficient (Wildman–Crippen LogP) is -1.15. The monoisotopic (exact) mass is 441 g/mol. The number of quaternary nitrogens is 1. The van der Waals surface area contributed by atoms with Gasteiger partial charge in [-0.15, -0.1) is 0 Å². The van der Waals surface area contributed by atoms with Crippen LogP contribution in [0.5, 0.6) is 0 Å². The van der Waals surface area contributed by atoms with Gasteiger partial charge in [0.05, 0.1) is 20.2 Å². The average molecular weight is 442 g/mol. The lowest BCUT2D eigenvalue weighted by Crippen LogP contribution is -3.00. The largest absolute Gasteiger partial charge is 1.00 e. The van der Waals surface area contributed by atoms with Gasteiger partial charge in [-0.05, 0) is 18.3 Å². The maximum atomic E-state index is 12.8. The second-order valence-corrected chi connectivity index (χ2v) is 8.25. The van der Waals surface area contributed by atoms with E-state index in [0.717, 1.165) is 5.56 Å². The number of carbonyl (C=O) groups is 1. The fourth-order valence-corrected chi connectivity index (χ4v) is 5.22. The zero-order chi connectivity index (χ0) is 21.5. The summed E-state index contributed by atoms with van der Waals surface area (Å²) in [6, 6.07) is 9.27. The Hall–Kier alpha value is -0.950. The Labute approximate surface area is 176 Å². The number of epoxide rings is 1. The molecule has 2 unspecified atom stereocenters. The first-order valence-corrected chi connectivity index (χ1v) is 9.48. The van der Waals surface area contributed by atoms with Crippen molar-refractivity contribution >= 4 is 5.97 Å². The molecule has 3 saturated heterocycles. The highest BCUT2D eigenvalue weighted by Crippen LogP contribution is 2.54. The lowest BCUT2D eigenvalue weighted by atomic mass is 9.94. The van der Waals surface area contributed by atoms with Crippen molar-refractivity contribution in [2.24, 2.45) is 5.92 Å². The highest BCUT2D eigenvalue weighted by atomic mass is 79.9. The molecule has 0 amide bonds. The van der Waals surface area contributed by atoms with Crippen LogP contribution in [0, 0.1) is 5.92 Å². The molecule has 148 valence electrons. The molecule has 5 rings (SSSR count). The molecule has 0 spiro atoms. The highest BCUT2D eigenvalue weighted by Gasteiger charge is 2.72. The molecular weight excluding hydrogens is 410 g/mol. The number of hydrogen-bond acceptors (Lipinski definition) is 4. The van der Waals surface area contributed by atoms with Crippen molar-refractivity contribution in [3.63, 3.8) is 0 Å². The predicted molar refractivity (Wildman–Crippen MR) is 95.4 cm³/mol. The van der Waals surface area contributed by atoms with Crippen LogP contribution in [0.25, 0.3) is 0 Å². The minimum absolute atomic E-state index is 0. The first-order valence-electron chi connectivity index (χ1n) is 11.5. The molecule has 3 heterocycles. The van der Waals surface area contributed by atoms with E-state index in [1.54, 1.807) is 12.1 Å². The third kappa shape index (κ3) is 3.35. The second kappa shape index (κ2) is 7.14. The summed E-state index contributed by atoms with van der Waals surface area (Å²) in [6.07, 6.45) is -2.43. The molecule has 5 nitrogen and oxygen atoms in total. The molecule has 1 aromatic rings. The Bertz CT molecular complexity index is 825. The molecule has 4 fully saturated rings. The third-order valence-electron chi connectivity index (χ3n) is 6.72. The summed E-state index contributed by atoms with van der Waals surface area (Å²) in [5.41, 5.74) is 0.730. The zero-order valence-electron chi connectivity index (χ0n) is 19.3. The van der Waals surface area contributed by atoms with Gasteiger partial charge in [-0.3, -0.25) is 4.79 Å². The summed E-state index contributed by atoms with van der Waals surface area (Å²) < 4.78 is 44.1. The topological polar surface area (TPSA) is 59.1 Å². The smallest absolute Gasteiger partial charge is 0.316 e. The van der Waals surface area contributed by atoms with Crippen molar-refractivity contribution in [3.05, 3.63) is 35.9 Å². The van der Waals surface area contributed by atoms with Gasteiger partial charge in [0, 0.05) is 24.2 Å². The van der Waals surface area contributed by atoms with Gasteiger partial charge >= 0.3 is 5.97 Å². The minimum Gasteiger partial charge on any atom is -1.00 e. The first-order chi connectivity index (χ1) is 14.1. The number of aliphatic hydroxyl groups excluding tert-OH is 1. The number of piperidine rings is 1. The normalized spacial score (nSPS) is 45.8. The summed E-state index contributed by atoms with van der Waals surface area (Å²) in [5, 5.41) is 9.74. The molecule has 1 N–H and O–H groups in total. The molecule has 1 saturated carbocycles. The van der Waals surface area contributed by atoms with Crippen LogP contribution in [0.4, 0.5) is 0 Å². The van der Waals surface area contributed by atoms with E-state index in [-0.39, 0.29) is 54.0 Å². The SMILES string of the molecule is [2H]C1([2H])C(C[N+]2(C)[C@@H]3CC(OC(=O)[C@H](CO)c4ccccc4)C[C@H]2[C@@H]2O[C@@H]23)C1([2H])[2H].[Br-]. The van der Waals surface area contributed by atoms with Gasteiger partial charge in [0.2, 0.25) is 0 Å². The quantitative estimate of drug-likeness (QED) is 0.344. The summed E-state index contributed by atoms with van der Waals surface area (Å²) in [6.45, 7) is 0.131. The Morgan fingerprint density at radius 2 is 1.93 bits per heavy atom. The Balaban J connectivity index is 0.00000231. The fraction of sp³-hybridized carbons (Fsp3) is 0.667. The lowest BCUT2D eigenvalue weighted by molar-refractivity contribution is -0.957. The number of fused-ring (bicyclic) bond motifs is 5. The molecule has 27 heavy (non-hydrogen) atoms. The van der Waals surface area contributed by atoms with Gasteiger partial charge in [-0.1, -0.05) is 30.3 Å². The molecule has 4 aliphatic rings. The van der Waals surface area contributed by atoms with Crippen molar-refractivity contribution in [2.75, 3.05) is 20.2 Å². The Morgan fingerprint density at radius 1 is 1.30 bits per heavy atom. The van der Waals surface area contributed by atoms with Crippen LogP contribution in [0.1, 0.15) is 42.6 Å². The molecular formula is C21H28BrNO4. The van der Waals surface area contributed by atoms with Crippen LogP contribution in [0.2, 0.25) is 0 Å². The second-order valence-electron chi connectivity index (χ2n) is 8.25. The molecule has 1 aromatic carbocycles. The van der Waals surface area contributed by atoms with Gasteiger partial charge in [0.15, 0.2) is 0 Å². The van der Waals surface area contributed by atoms with Crippen molar-refractivity contribution in [3.8, 4) is 0 Å². The number of benzene rings is 1. The molecule has 0 radical (unpaired) electrons. The number of nitrogens with zero attached hydrogens (tertiary/aromatic N) is 1. The van der Waals surface area contributed by atoms with Crippen LogP contribution >= 0.6 is 0 Å². The van der Waals surface area contributed by atoms with Crippen molar-refractivity contribution in [2.45, 2.75) is 61.9 Å². The van der Waals surface area contributed by atoms with E-state index in [9.17, 15) is 9.90 Å². The van der Waals surface area contributed by atoms with Crippen molar-refractivity contribution in [1.29, 1.82) is 0 Å². The Morgan fingerprint density at radius 3 is 2.48 bits per heavy atom. The minimum atomic E-state index is -1.79. The molecule has 6 heteroatoms. The standard InChI is InChI=1S/C21H28NO4.BrH/c1-22(11-13-7-8-13)17-9-15(10-18(22)20-19(17)26-20)25-21(24)16(12-23)14-5-3-2-4-6-14;/h2-6,13,15-20,23H,7-12H2,1H3;1H/q+1;/p-1/t15?,16-,17-,18+,19-,20+,22?;/m1./s1/i7D2,8D2;. The van der Waals surface area contributed by atoms with Crippen LogP contribution < -0.4 is 17.0 Å². The number of esters is 1. The Kier molecular flexibility index (Phi) is 3.96. The molecule has 1 aliphatic carbocycles. The number of aliphatic hydroxyl groups is 1. The first kappa shape index (κ1) is 15.0. The molecule has 2 bridgehead atoms. The number of ether oxygens (including phenoxy) is 2. The van der Waals surface area contributed by atoms with Crippen molar-refractivity contribution < 1.29 is 46.3 Å². The summed E-state index contributed by atoms with van der Waals surface area (Å²) in [4.78, 5) is 12.8. The van der Waals surface area contributed by atoms with E-state index >= 15 is 0 Å². The molecule has 7 atom stereocenters. The number of halogens is 1. The number of hydrogen-bond donors (Lipinski definition) is 1. The maximum absolute atomic E-state index is 12.8. The summed E-state index contributed by atoms with van der Waals surface area (Å²) >= 11 is 0. The maximum Gasteiger partial charge on any atom is 0.316 e. The summed E-state index contributed by atoms with van der Waals surface area (Å²) in [7, 11) is 2.08. The van der Waals surface area contributed by atoms with Crippen LogP contribution in [0.15, 0.2) is 30.3 Å². The molecule has 3 aliphatic heterocycles. The van der Waals surface area contributed by atoms with Gasteiger partial charge in [0.25, 0.3) is 0 Å². The number of morpholine rings is 1. The number of rotatable bonds is 6. The number of likely N-dealkylation sites (N-methyl/N-ethyl adjacent to an activating group) is 1. The van der Waals surface area contributed by atoms with E-state index in [1.807, 2.05) is 18.2 Å².